The number of aliphatic hydroxyl groups excluding tert-OH is 2. The van der Waals surface area contributed by atoms with E-state index in [4.69, 9.17) is 10.2 Å². The summed E-state index contributed by atoms with van der Waals surface area (Å²) in [6, 6.07) is 3.41. The lowest BCUT2D eigenvalue weighted by atomic mass is 10.1. The molecule has 1 unspecified atom stereocenters. The van der Waals surface area contributed by atoms with Crippen molar-refractivity contribution in [3.63, 3.8) is 0 Å². The molecule has 0 amide bonds. The molecule has 0 aliphatic rings. The molecule has 1 atom stereocenters. The summed E-state index contributed by atoms with van der Waals surface area (Å²) in [6.07, 6.45) is -0.907. The molecule has 0 saturated heterocycles. The zero-order valence-electron chi connectivity index (χ0n) is 9.27. The van der Waals surface area contributed by atoms with Crippen LogP contribution in [-0.4, -0.2) is 40.5 Å². The largest absolute Gasteiger partial charge is 0.478 e. The van der Waals surface area contributed by atoms with Gasteiger partial charge in [-0.15, -0.1) is 0 Å². The van der Waals surface area contributed by atoms with Crippen molar-refractivity contribution in [2.45, 2.75) is 13.0 Å². The summed E-state index contributed by atoms with van der Waals surface area (Å²) in [7, 11) is 0. The SMILES string of the molecule is Cc1cc(I)cc(C(=O)O)c1NCC(O)CO. The van der Waals surface area contributed by atoms with Gasteiger partial charge in [0, 0.05) is 10.1 Å². The summed E-state index contributed by atoms with van der Waals surface area (Å²) in [5.41, 5.74) is 1.43. The van der Waals surface area contributed by atoms with Crippen molar-refractivity contribution in [2.24, 2.45) is 0 Å². The zero-order chi connectivity index (χ0) is 13.0. The Morgan fingerprint density at radius 2 is 2.18 bits per heavy atom. The van der Waals surface area contributed by atoms with Gasteiger partial charge in [0.25, 0.3) is 0 Å². The molecule has 0 heterocycles. The van der Waals surface area contributed by atoms with Gasteiger partial charge in [-0.2, -0.15) is 0 Å². The van der Waals surface area contributed by atoms with E-state index in [0.717, 1.165) is 9.13 Å². The number of carboxylic acids is 1. The Kier molecular flexibility index (Phi) is 5.16. The van der Waals surface area contributed by atoms with Crippen LogP contribution in [-0.2, 0) is 0 Å². The van der Waals surface area contributed by atoms with Crippen molar-refractivity contribution in [3.05, 3.63) is 26.8 Å². The van der Waals surface area contributed by atoms with Gasteiger partial charge in [-0.1, -0.05) is 0 Å². The summed E-state index contributed by atoms with van der Waals surface area (Å²) in [6.45, 7) is 1.54. The number of carboxylic acid groups (broad SMARTS) is 1. The zero-order valence-corrected chi connectivity index (χ0v) is 11.4. The molecule has 6 heteroatoms. The van der Waals surface area contributed by atoms with E-state index in [0.29, 0.717) is 5.69 Å². The number of rotatable bonds is 5. The maximum atomic E-state index is 11.1. The maximum Gasteiger partial charge on any atom is 0.337 e. The van der Waals surface area contributed by atoms with Crippen molar-refractivity contribution in [3.8, 4) is 0 Å². The number of carbonyl (C=O) groups is 1. The van der Waals surface area contributed by atoms with Gasteiger partial charge < -0.3 is 20.6 Å². The van der Waals surface area contributed by atoms with Crippen LogP contribution in [0.2, 0.25) is 0 Å². The highest BCUT2D eigenvalue weighted by Gasteiger charge is 2.14. The Balaban J connectivity index is 3.00. The third-order valence-corrected chi connectivity index (χ3v) is 2.88. The molecule has 0 bridgehead atoms. The minimum atomic E-state index is -1.02. The minimum absolute atomic E-state index is 0.109. The molecule has 1 rings (SSSR count). The second-order valence-electron chi connectivity index (χ2n) is 3.67. The molecule has 0 aliphatic heterocycles. The molecular formula is C11H14INO4. The van der Waals surface area contributed by atoms with Gasteiger partial charge in [0.2, 0.25) is 0 Å². The molecule has 1 aromatic carbocycles. The highest BCUT2D eigenvalue weighted by molar-refractivity contribution is 14.1. The third kappa shape index (κ3) is 3.83. The molecule has 1 aromatic rings. The first-order chi connectivity index (χ1) is 7.95. The summed E-state index contributed by atoms with van der Waals surface area (Å²) in [4.78, 5) is 11.1. The van der Waals surface area contributed by atoms with Gasteiger partial charge in [-0.3, -0.25) is 0 Å². The number of hydrogen-bond acceptors (Lipinski definition) is 4. The lowest BCUT2D eigenvalue weighted by Crippen LogP contribution is -2.24. The van der Waals surface area contributed by atoms with Crippen molar-refractivity contribution >= 4 is 34.2 Å². The smallest absolute Gasteiger partial charge is 0.337 e. The molecule has 4 N–H and O–H groups in total. The van der Waals surface area contributed by atoms with Gasteiger partial charge in [-0.25, -0.2) is 4.79 Å². The Morgan fingerprint density at radius 3 is 2.71 bits per heavy atom. The minimum Gasteiger partial charge on any atom is -0.478 e. The van der Waals surface area contributed by atoms with Crippen LogP contribution in [0.15, 0.2) is 12.1 Å². The number of aliphatic hydroxyl groups is 2. The molecule has 0 fully saturated rings. The van der Waals surface area contributed by atoms with E-state index in [9.17, 15) is 9.90 Å². The number of hydrogen-bond donors (Lipinski definition) is 4. The summed E-state index contributed by atoms with van der Waals surface area (Å²) in [5, 5.41) is 29.9. The van der Waals surface area contributed by atoms with Crippen molar-refractivity contribution in [2.75, 3.05) is 18.5 Å². The van der Waals surface area contributed by atoms with E-state index in [1.807, 2.05) is 28.7 Å². The fourth-order valence-corrected chi connectivity index (χ4v) is 2.21. The Hall–Kier alpha value is -0.860. The molecule has 17 heavy (non-hydrogen) atoms. The maximum absolute atomic E-state index is 11.1. The molecule has 0 aliphatic carbocycles. The van der Waals surface area contributed by atoms with Crippen LogP contribution in [0.3, 0.4) is 0 Å². The van der Waals surface area contributed by atoms with E-state index in [2.05, 4.69) is 5.32 Å². The van der Waals surface area contributed by atoms with E-state index >= 15 is 0 Å². The normalized spacial score (nSPS) is 12.2. The fraction of sp³-hybridized carbons (Fsp3) is 0.364. The van der Waals surface area contributed by atoms with Crippen LogP contribution < -0.4 is 5.32 Å². The predicted molar refractivity (Wildman–Crippen MR) is 72.4 cm³/mol. The van der Waals surface area contributed by atoms with Gasteiger partial charge in [-0.05, 0) is 47.2 Å². The quantitative estimate of drug-likeness (QED) is 0.596. The van der Waals surface area contributed by atoms with Crippen molar-refractivity contribution < 1.29 is 20.1 Å². The molecule has 5 nitrogen and oxygen atoms in total. The molecular weight excluding hydrogens is 337 g/mol. The lowest BCUT2D eigenvalue weighted by molar-refractivity contribution is 0.0697. The van der Waals surface area contributed by atoms with Crippen LogP contribution in [0.5, 0.6) is 0 Å². The first kappa shape index (κ1) is 14.2. The van der Waals surface area contributed by atoms with Gasteiger partial charge in [0.1, 0.15) is 0 Å². The second kappa shape index (κ2) is 6.18. The van der Waals surface area contributed by atoms with Gasteiger partial charge in [0.05, 0.1) is 24.0 Å². The Labute approximate surface area is 113 Å². The molecule has 94 valence electrons. The highest BCUT2D eigenvalue weighted by atomic mass is 127. The van der Waals surface area contributed by atoms with Crippen LogP contribution in [0.25, 0.3) is 0 Å². The van der Waals surface area contributed by atoms with Crippen LogP contribution in [0.4, 0.5) is 5.69 Å². The number of halogens is 1. The van der Waals surface area contributed by atoms with Crippen LogP contribution in [0.1, 0.15) is 15.9 Å². The Bertz CT molecular complexity index is 422. The fourth-order valence-electron chi connectivity index (χ4n) is 1.43. The number of anilines is 1. The topological polar surface area (TPSA) is 89.8 Å². The second-order valence-corrected chi connectivity index (χ2v) is 4.91. The molecule has 0 radical (unpaired) electrons. The highest BCUT2D eigenvalue weighted by Crippen LogP contribution is 2.24. The van der Waals surface area contributed by atoms with E-state index in [1.165, 1.54) is 0 Å². The standard InChI is InChI=1S/C11H14INO4/c1-6-2-7(12)3-9(11(16)17)10(6)13-4-8(15)5-14/h2-3,8,13-15H,4-5H2,1H3,(H,16,17). The summed E-state index contributed by atoms with van der Waals surface area (Å²) < 4.78 is 0.839. The van der Waals surface area contributed by atoms with Crippen molar-refractivity contribution in [1.29, 1.82) is 0 Å². The van der Waals surface area contributed by atoms with Crippen molar-refractivity contribution in [1.82, 2.24) is 0 Å². The average Bonchev–Trinajstić information content (AvgIpc) is 2.26. The van der Waals surface area contributed by atoms with E-state index in [-0.39, 0.29) is 18.7 Å². The first-order valence-electron chi connectivity index (χ1n) is 5.02. The Morgan fingerprint density at radius 1 is 1.53 bits per heavy atom. The van der Waals surface area contributed by atoms with Gasteiger partial charge in [0.15, 0.2) is 0 Å². The monoisotopic (exact) mass is 351 g/mol. The van der Waals surface area contributed by atoms with E-state index < -0.39 is 12.1 Å². The molecule has 0 saturated carbocycles. The predicted octanol–water partition coefficient (Wildman–Crippen LogP) is 1.06. The summed E-state index contributed by atoms with van der Waals surface area (Å²) >= 11 is 2.05. The number of aryl methyl sites for hydroxylation is 1. The van der Waals surface area contributed by atoms with E-state index in [1.54, 1.807) is 13.0 Å². The number of aromatic carboxylic acids is 1. The van der Waals surface area contributed by atoms with Gasteiger partial charge >= 0.3 is 5.97 Å². The lowest BCUT2D eigenvalue weighted by Gasteiger charge is -2.15. The number of nitrogens with one attached hydrogen (secondary N) is 1. The molecule has 0 spiro atoms. The average molecular weight is 351 g/mol. The number of benzene rings is 1. The third-order valence-electron chi connectivity index (χ3n) is 2.26. The van der Waals surface area contributed by atoms with Crippen LogP contribution >= 0.6 is 22.6 Å². The first-order valence-corrected chi connectivity index (χ1v) is 6.09. The van der Waals surface area contributed by atoms with Crippen LogP contribution in [0, 0.1) is 10.5 Å². The molecule has 0 aromatic heterocycles. The summed E-state index contributed by atoms with van der Waals surface area (Å²) in [5.74, 6) is -1.02.